The zero-order valence-corrected chi connectivity index (χ0v) is 7.72. The Kier molecular flexibility index (Phi) is 2.26. The Labute approximate surface area is 82.9 Å². The molecule has 0 saturated heterocycles. The summed E-state index contributed by atoms with van der Waals surface area (Å²) in [6.45, 7) is 0. The fourth-order valence-corrected chi connectivity index (χ4v) is 1.35. The van der Waals surface area contributed by atoms with E-state index in [1.807, 2.05) is 0 Å². The van der Waals surface area contributed by atoms with Crippen LogP contribution in [0.15, 0.2) is 12.1 Å². The number of hydrogen-bond donors (Lipinski definition) is 1. The molecule has 0 bridgehead atoms. The minimum absolute atomic E-state index is 0.0434. The van der Waals surface area contributed by atoms with E-state index in [4.69, 9.17) is 4.74 Å². The summed E-state index contributed by atoms with van der Waals surface area (Å²) in [5.74, 6) is -0.504. The van der Waals surface area contributed by atoms with Gasteiger partial charge in [0.05, 0.1) is 7.11 Å². The minimum atomic E-state index is -2.72. The molecule has 0 saturated carbocycles. The van der Waals surface area contributed by atoms with Crippen LogP contribution in [0.25, 0.3) is 10.9 Å². The smallest absolute Gasteiger partial charge is 0.280 e. The molecule has 3 nitrogen and oxygen atoms in total. The average Bonchev–Trinajstić information content (AvgIpc) is 2.61. The Bertz CT molecular complexity index is 495. The van der Waals surface area contributed by atoms with Crippen molar-refractivity contribution in [3.63, 3.8) is 0 Å². The molecule has 80 valence electrons. The van der Waals surface area contributed by atoms with Crippen LogP contribution < -0.4 is 4.74 Å². The van der Waals surface area contributed by atoms with Gasteiger partial charge in [0.15, 0.2) is 5.82 Å². The van der Waals surface area contributed by atoms with Gasteiger partial charge in [-0.2, -0.15) is 5.10 Å². The molecule has 1 aromatic heterocycles. The second-order valence-electron chi connectivity index (χ2n) is 2.94. The number of H-pyrrole nitrogens is 1. The number of nitrogens with one attached hydrogen (secondary N) is 1. The molecule has 0 unspecified atom stereocenters. The van der Waals surface area contributed by atoms with Crippen LogP contribution in [0, 0.1) is 5.82 Å². The molecule has 1 N–H and O–H groups in total. The van der Waals surface area contributed by atoms with E-state index in [0.717, 1.165) is 6.07 Å². The van der Waals surface area contributed by atoms with E-state index in [1.165, 1.54) is 13.2 Å². The summed E-state index contributed by atoms with van der Waals surface area (Å²) in [6, 6.07) is 2.42. The summed E-state index contributed by atoms with van der Waals surface area (Å²) < 4.78 is 43.0. The van der Waals surface area contributed by atoms with Gasteiger partial charge in [0, 0.05) is 11.5 Å². The molecular formula is C9H7F3N2O. The first-order valence-corrected chi connectivity index (χ1v) is 4.13. The lowest BCUT2D eigenvalue weighted by Crippen LogP contribution is -1.87. The zero-order chi connectivity index (χ0) is 11.0. The van der Waals surface area contributed by atoms with Gasteiger partial charge < -0.3 is 4.74 Å². The lowest BCUT2D eigenvalue weighted by molar-refractivity contribution is 0.147. The van der Waals surface area contributed by atoms with Crippen LogP contribution in [-0.2, 0) is 0 Å². The Hall–Kier alpha value is -1.72. The Balaban J connectivity index is 2.72. The van der Waals surface area contributed by atoms with Gasteiger partial charge in [-0.1, -0.05) is 0 Å². The summed E-state index contributed by atoms with van der Waals surface area (Å²) >= 11 is 0. The normalized spacial score (nSPS) is 11.3. The van der Waals surface area contributed by atoms with Crippen LogP contribution in [0.2, 0.25) is 0 Å². The van der Waals surface area contributed by atoms with E-state index in [2.05, 4.69) is 10.2 Å². The second kappa shape index (κ2) is 3.45. The molecular weight excluding hydrogens is 209 g/mol. The maximum atomic E-state index is 13.3. The number of methoxy groups -OCH3 is 1. The van der Waals surface area contributed by atoms with Crippen molar-refractivity contribution in [3.8, 4) is 5.75 Å². The Morgan fingerprint density at radius 1 is 1.40 bits per heavy atom. The van der Waals surface area contributed by atoms with Crippen molar-refractivity contribution in [2.45, 2.75) is 6.43 Å². The van der Waals surface area contributed by atoms with E-state index in [-0.39, 0.29) is 16.7 Å². The fraction of sp³-hybridized carbons (Fsp3) is 0.222. The van der Waals surface area contributed by atoms with Crippen LogP contribution in [0.4, 0.5) is 13.2 Å². The van der Waals surface area contributed by atoms with E-state index in [1.54, 1.807) is 0 Å². The number of ether oxygens (including phenoxy) is 1. The molecule has 0 spiro atoms. The van der Waals surface area contributed by atoms with Crippen LogP contribution in [-0.4, -0.2) is 17.3 Å². The SMILES string of the molecule is COc1cc(F)c2n[nH]c(C(F)F)c2c1. The third kappa shape index (κ3) is 1.51. The van der Waals surface area contributed by atoms with Gasteiger partial charge in [0.1, 0.15) is 17.0 Å². The number of nitrogens with zero attached hydrogens (tertiary/aromatic N) is 1. The summed E-state index contributed by atoms with van der Waals surface area (Å²) in [7, 11) is 1.34. The van der Waals surface area contributed by atoms with Crippen molar-refractivity contribution < 1.29 is 17.9 Å². The van der Waals surface area contributed by atoms with Crippen LogP contribution in [0.3, 0.4) is 0 Å². The van der Waals surface area contributed by atoms with E-state index in [9.17, 15) is 13.2 Å². The number of alkyl halides is 2. The van der Waals surface area contributed by atoms with Gasteiger partial charge in [-0.25, -0.2) is 13.2 Å². The number of aromatic amines is 1. The van der Waals surface area contributed by atoms with Crippen molar-refractivity contribution in [1.82, 2.24) is 10.2 Å². The van der Waals surface area contributed by atoms with Crippen molar-refractivity contribution >= 4 is 10.9 Å². The highest BCUT2D eigenvalue weighted by atomic mass is 19.3. The highest BCUT2D eigenvalue weighted by molar-refractivity contribution is 5.83. The first-order chi connectivity index (χ1) is 7.13. The van der Waals surface area contributed by atoms with Crippen LogP contribution in [0.5, 0.6) is 5.75 Å². The van der Waals surface area contributed by atoms with Gasteiger partial charge in [-0.3, -0.25) is 5.10 Å². The largest absolute Gasteiger partial charge is 0.497 e. The number of fused-ring (bicyclic) bond motifs is 1. The quantitative estimate of drug-likeness (QED) is 0.837. The topological polar surface area (TPSA) is 37.9 Å². The summed E-state index contributed by atoms with van der Waals surface area (Å²) in [6.07, 6.45) is -2.72. The highest BCUT2D eigenvalue weighted by Crippen LogP contribution is 2.30. The molecule has 0 fully saturated rings. The maximum absolute atomic E-state index is 13.3. The first kappa shape index (κ1) is 9.82. The van der Waals surface area contributed by atoms with E-state index >= 15 is 0 Å². The molecule has 0 aliphatic carbocycles. The van der Waals surface area contributed by atoms with Crippen molar-refractivity contribution in [1.29, 1.82) is 0 Å². The molecule has 0 radical (unpaired) electrons. The zero-order valence-electron chi connectivity index (χ0n) is 7.72. The maximum Gasteiger partial charge on any atom is 0.280 e. The number of hydrogen-bond acceptors (Lipinski definition) is 2. The van der Waals surface area contributed by atoms with Crippen molar-refractivity contribution in [2.75, 3.05) is 7.11 Å². The van der Waals surface area contributed by atoms with Crippen molar-refractivity contribution in [2.24, 2.45) is 0 Å². The third-order valence-corrected chi connectivity index (χ3v) is 2.07. The summed E-state index contributed by atoms with van der Waals surface area (Å²) in [5, 5.41) is 5.63. The Morgan fingerprint density at radius 2 is 2.13 bits per heavy atom. The van der Waals surface area contributed by atoms with Gasteiger partial charge in [0.2, 0.25) is 0 Å². The number of halogens is 3. The average molecular weight is 216 g/mol. The number of rotatable bonds is 2. The molecule has 2 rings (SSSR count). The third-order valence-electron chi connectivity index (χ3n) is 2.07. The summed E-state index contributed by atoms with van der Waals surface area (Å²) in [5.41, 5.74) is -0.506. The molecule has 0 aliphatic heterocycles. The van der Waals surface area contributed by atoms with E-state index < -0.39 is 17.9 Å². The highest BCUT2D eigenvalue weighted by Gasteiger charge is 2.18. The summed E-state index contributed by atoms with van der Waals surface area (Å²) in [4.78, 5) is 0. The Morgan fingerprint density at radius 3 is 2.73 bits per heavy atom. The van der Waals surface area contributed by atoms with Gasteiger partial charge in [-0.05, 0) is 6.07 Å². The molecule has 0 aliphatic rings. The lowest BCUT2D eigenvalue weighted by Gasteiger charge is -2.01. The lowest BCUT2D eigenvalue weighted by atomic mass is 10.2. The van der Waals surface area contributed by atoms with Gasteiger partial charge in [0.25, 0.3) is 6.43 Å². The molecule has 1 heterocycles. The molecule has 6 heteroatoms. The molecule has 0 atom stereocenters. The number of benzene rings is 1. The first-order valence-electron chi connectivity index (χ1n) is 4.13. The standard InChI is InChI=1S/C9H7F3N2O/c1-15-4-2-5-7(6(10)3-4)13-14-8(5)9(11)12/h2-3,9H,1H3,(H,13,14). The van der Waals surface area contributed by atoms with Crippen LogP contribution in [0.1, 0.15) is 12.1 Å². The minimum Gasteiger partial charge on any atom is -0.497 e. The van der Waals surface area contributed by atoms with E-state index in [0.29, 0.717) is 0 Å². The van der Waals surface area contributed by atoms with Gasteiger partial charge >= 0.3 is 0 Å². The molecule has 0 amide bonds. The van der Waals surface area contributed by atoms with Crippen molar-refractivity contribution in [3.05, 3.63) is 23.6 Å². The number of aromatic nitrogens is 2. The van der Waals surface area contributed by atoms with Gasteiger partial charge in [-0.15, -0.1) is 0 Å². The monoisotopic (exact) mass is 216 g/mol. The van der Waals surface area contributed by atoms with Crippen LogP contribution >= 0.6 is 0 Å². The molecule has 2 aromatic rings. The molecule has 1 aromatic carbocycles. The fourth-order valence-electron chi connectivity index (χ4n) is 1.35. The predicted molar refractivity (Wildman–Crippen MR) is 47.6 cm³/mol. The predicted octanol–water partition coefficient (Wildman–Crippen LogP) is 2.65. The second-order valence-corrected chi connectivity index (χ2v) is 2.94. The molecule has 15 heavy (non-hydrogen) atoms.